The molecule has 214 valence electrons. The predicted molar refractivity (Wildman–Crippen MR) is 162 cm³/mol. The molecule has 7 heteroatoms. The van der Waals surface area contributed by atoms with E-state index < -0.39 is 5.67 Å². The lowest BCUT2D eigenvalue weighted by atomic mass is 9.76. The van der Waals surface area contributed by atoms with Gasteiger partial charge in [-0.2, -0.15) is 0 Å². The normalized spacial score (nSPS) is 17.6. The van der Waals surface area contributed by atoms with Gasteiger partial charge in [-0.25, -0.2) is 19.3 Å². The van der Waals surface area contributed by atoms with Gasteiger partial charge in [0.15, 0.2) is 5.78 Å². The molecule has 0 radical (unpaired) electrons. The van der Waals surface area contributed by atoms with E-state index in [1.165, 1.54) is 31.1 Å². The number of benzene rings is 2. The summed E-state index contributed by atoms with van der Waals surface area (Å²) in [6, 6.07) is 13.3. The molecule has 2 saturated carbocycles. The average molecular weight is 554 g/mol. The molecule has 0 atom stereocenters. The van der Waals surface area contributed by atoms with E-state index in [1.807, 2.05) is 18.5 Å². The summed E-state index contributed by atoms with van der Waals surface area (Å²) in [5.41, 5.74) is 10.6. The Morgan fingerprint density at radius 2 is 1.76 bits per heavy atom. The van der Waals surface area contributed by atoms with E-state index >= 15 is 0 Å². The van der Waals surface area contributed by atoms with E-state index in [0.29, 0.717) is 24.0 Å². The summed E-state index contributed by atoms with van der Waals surface area (Å²) in [6.45, 7) is 8.12. The Kier molecular flexibility index (Phi) is 8.45. The fourth-order valence-corrected chi connectivity index (χ4v) is 5.50. The second kappa shape index (κ2) is 12.0. The van der Waals surface area contributed by atoms with Crippen LogP contribution in [-0.4, -0.2) is 25.3 Å². The smallest absolute Gasteiger partial charge is 0.159 e. The average Bonchev–Trinajstić information content (AvgIpc) is 3.57. The first-order chi connectivity index (χ1) is 19.8. The molecule has 41 heavy (non-hydrogen) atoms. The van der Waals surface area contributed by atoms with Crippen molar-refractivity contribution in [2.75, 3.05) is 0 Å². The number of allylic oxidation sites excluding steroid dienone is 1. The number of fused-ring (bicyclic) bond motifs is 3. The standard InChI is InChI=1S/C18H19N5.C12H13FO.C4H8/c19-18(6-2-7-18)17-20-10-13(11-21-17)12-4-5-14-15(9-12)23-8-1-3-16(23)22-14;1-9(14)10-4-2-5-11(8-10)12(13)6-3-7-12;1-3-4-2/h4-5,9-11H,1-3,6-8,19H2;2,4-5,8H,3,6-7H2,1H3;3H,1,4H2,2H3. The number of ketones is 1. The van der Waals surface area contributed by atoms with E-state index in [2.05, 4.69) is 46.2 Å². The lowest BCUT2D eigenvalue weighted by Gasteiger charge is -2.36. The number of Topliss-reactive ketones (excluding diaryl/α,β-unsaturated/α-hetero) is 1. The van der Waals surface area contributed by atoms with Crippen LogP contribution >= 0.6 is 0 Å². The Morgan fingerprint density at radius 3 is 2.34 bits per heavy atom. The molecule has 0 bridgehead atoms. The maximum atomic E-state index is 14.0. The van der Waals surface area contributed by atoms with E-state index in [9.17, 15) is 9.18 Å². The van der Waals surface area contributed by atoms with Crippen LogP contribution in [0.25, 0.3) is 22.2 Å². The third-order valence-corrected chi connectivity index (χ3v) is 8.51. The summed E-state index contributed by atoms with van der Waals surface area (Å²) in [5.74, 6) is 1.98. The highest BCUT2D eigenvalue weighted by Gasteiger charge is 2.39. The molecule has 0 saturated heterocycles. The number of nitrogens with zero attached hydrogens (tertiary/aromatic N) is 4. The van der Waals surface area contributed by atoms with Crippen LogP contribution in [0.1, 0.15) is 92.8 Å². The largest absolute Gasteiger partial charge is 0.328 e. The van der Waals surface area contributed by atoms with Crippen LogP contribution in [0.2, 0.25) is 0 Å². The van der Waals surface area contributed by atoms with Crippen LogP contribution in [0.15, 0.2) is 67.5 Å². The van der Waals surface area contributed by atoms with E-state index in [0.717, 1.165) is 61.1 Å². The van der Waals surface area contributed by atoms with Gasteiger partial charge >= 0.3 is 0 Å². The maximum absolute atomic E-state index is 14.0. The number of aromatic nitrogens is 4. The van der Waals surface area contributed by atoms with Crippen LogP contribution in [0, 0.1) is 0 Å². The van der Waals surface area contributed by atoms with Crippen molar-refractivity contribution in [3.05, 3.63) is 90.3 Å². The van der Waals surface area contributed by atoms with Gasteiger partial charge in [0.05, 0.1) is 16.6 Å². The van der Waals surface area contributed by atoms with Crippen molar-refractivity contribution in [1.29, 1.82) is 0 Å². The number of hydrogen-bond donors (Lipinski definition) is 1. The van der Waals surface area contributed by atoms with Crippen LogP contribution in [-0.2, 0) is 24.2 Å². The summed E-state index contributed by atoms with van der Waals surface area (Å²) in [7, 11) is 0. The van der Waals surface area contributed by atoms with Gasteiger partial charge in [0, 0.05) is 36.5 Å². The number of carbonyl (C=O) groups excluding carboxylic acids is 1. The highest BCUT2D eigenvalue weighted by molar-refractivity contribution is 5.94. The van der Waals surface area contributed by atoms with Gasteiger partial charge in [-0.05, 0) is 87.6 Å². The second-order valence-electron chi connectivity index (χ2n) is 11.4. The maximum Gasteiger partial charge on any atom is 0.159 e. The minimum atomic E-state index is -1.16. The summed E-state index contributed by atoms with van der Waals surface area (Å²) < 4.78 is 16.3. The number of imidazole rings is 1. The number of carbonyl (C=O) groups is 1. The number of aryl methyl sites for hydroxylation is 2. The van der Waals surface area contributed by atoms with Gasteiger partial charge in [0.2, 0.25) is 0 Å². The Balaban J connectivity index is 0.000000160. The molecule has 0 amide bonds. The van der Waals surface area contributed by atoms with Gasteiger partial charge in [-0.15, -0.1) is 6.58 Å². The third kappa shape index (κ3) is 6.01. The first kappa shape index (κ1) is 28.8. The highest BCUT2D eigenvalue weighted by Crippen LogP contribution is 2.45. The molecule has 1 aliphatic heterocycles. The molecular formula is C34H40FN5O. The van der Waals surface area contributed by atoms with E-state index in [1.54, 1.807) is 24.3 Å². The Morgan fingerprint density at radius 1 is 1.05 bits per heavy atom. The van der Waals surface area contributed by atoms with Crippen molar-refractivity contribution in [3.8, 4) is 11.1 Å². The van der Waals surface area contributed by atoms with Gasteiger partial charge in [0.25, 0.3) is 0 Å². The summed E-state index contributed by atoms with van der Waals surface area (Å²) >= 11 is 0. The first-order valence-corrected chi connectivity index (χ1v) is 14.8. The van der Waals surface area contributed by atoms with Gasteiger partial charge in [-0.1, -0.05) is 37.3 Å². The Labute approximate surface area is 241 Å². The Hall–Kier alpha value is -3.71. The molecule has 7 rings (SSSR count). The van der Waals surface area contributed by atoms with Crippen molar-refractivity contribution in [2.24, 2.45) is 5.73 Å². The molecule has 2 aliphatic carbocycles. The molecule has 3 heterocycles. The molecule has 0 spiro atoms. The third-order valence-electron chi connectivity index (χ3n) is 8.51. The molecule has 4 aromatic rings. The zero-order chi connectivity index (χ0) is 29.0. The molecule has 2 N–H and O–H groups in total. The van der Waals surface area contributed by atoms with Gasteiger partial charge in [0.1, 0.15) is 17.3 Å². The van der Waals surface area contributed by atoms with Crippen molar-refractivity contribution < 1.29 is 9.18 Å². The SMILES string of the molecule is C=CCC.CC(=O)c1cccc(C2(F)CCC2)c1.NC1(c2ncc(-c3ccc4nc5n(c4c3)CCC5)cn2)CCC1. The summed E-state index contributed by atoms with van der Waals surface area (Å²) in [5, 5.41) is 0. The minimum Gasteiger partial charge on any atom is -0.328 e. The summed E-state index contributed by atoms with van der Waals surface area (Å²) in [4.78, 5) is 24.9. The topological polar surface area (TPSA) is 86.7 Å². The van der Waals surface area contributed by atoms with Crippen LogP contribution in [0.4, 0.5) is 4.39 Å². The van der Waals surface area contributed by atoms with E-state index in [-0.39, 0.29) is 11.3 Å². The monoisotopic (exact) mass is 553 g/mol. The van der Waals surface area contributed by atoms with Gasteiger partial charge < -0.3 is 10.3 Å². The van der Waals surface area contributed by atoms with Crippen LogP contribution in [0.5, 0.6) is 0 Å². The summed E-state index contributed by atoms with van der Waals surface area (Å²) in [6.07, 6.45) is 14.3. The quantitative estimate of drug-likeness (QED) is 0.203. The number of nitrogens with two attached hydrogens (primary N) is 1. The number of rotatable bonds is 5. The number of alkyl halides is 1. The lowest BCUT2D eigenvalue weighted by Crippen LogP contribution is -2.44. The van der Waals surface area contributed by atoms with Crippen molar-refractivity contribution in [1.82, 2.24) is 19.5 Å². The predicted octanol–water partition coefficient (Wildman–Crippen LogP) is 7.60. The highest BCUT2D eigenvalue weighted by atomic mass is 19.1. The van der Waals surface area contributed by atoms with Crippen LogP contribution in [0.3, 0.4) is 0 Å². The van der Waals surface area contributed by atoms with Crippen molar-refractivity contribution in [3.63, 3.8) is 0 Å². The minimum absolute atomic E-state index is 0.00484. The van der Waals surface area contributed by atoms with E-state index in [4.69, 9.17) is 10.7 Å². The number of hydrogen-bond acceptors (Lipinski definition) is 5. The van der Waals surface area contributed by atoms with Crippen LogP contribution < -0.4 is 5.73 Å². The Bertz CT molecular complexity index is 1530. The molecule has 0 unspecified atom stereocenters. The lowest BCUT2D eigenvalue weighted by molar-refractivity contribution is 0.0608. The molecule has 6 nitrogen and oxygen atoms in total. The number of halogens is 1. The van der Waals surface area contributed by atoms with Crippen molar-refractivity contribution in [2.45, 2.75) is 89.4 Å². The molecule has 3 aliphatic rings. The van der Waals surface area contributed by atoms with Gasteiger partial charge in [-0.3, -0.25) is 4.79 Å². The molecule has 2 aromatic heterocycles. The zero-order valence-electron chi connectivity index (χ0n) is 24.2. The molecule has 2 fully saturated rings. The molecule has 2 aromatic carbocycles. The fourth-order valence-electron chi connectivity index (χ4n) is 5.50. The first-order valence-electron chi connectivity index (χ1n) is 14.8. The second-order valence-corrected chi connectivity index (χ2v) is 11.4. The fraction of sp³-hybridized carbons (Fsp3) is 0.412. The van der Waals surface area contributed by atoms with Crippen molar-refractivity contribution >= 4 is 16.8 Å². The molecular weight excluding hydrogens is 513 g/mol. The zero-order valence-corrected chi connectivity index (χ0v) is 24.2.